The molecule has 0 amide bonds. The molecule has 220 valence electrons. The van der Waals surface area contributed by atoms with Crippen LogP contribution in [0.2, 0.25) is 0 Å². The minimum Gasteiger partial charge on any atom is -0.434 e. The number of carbonyl (C=O) groups is 2. The number of hydrogen-bond acceptors (Lipinski definition) is 9. The predicted octanol–water partition coefficient (Wildman–Crippen LogP) is 4.08. The highest BCUT2D eigenvalue weighted by Gasteiger charge is 2.68. The molecule has 0 radical (unpaired) electrons. The van der Waals surface area contributed by atoms with Crippen molar-refractivity contribution in [3.05, 3.63) is 41.6 Å². The normalized spacial score (nSPS) is 27.5. The molecule has 4 atom stereocenters. The molecule has 4 aliphatic rings. The molecule has 3 unspecified atom stereocenters. The van der Waals surface area contributed by atoms with Crippen LogP contribution in [0.15, 0.2) is 24.5 Å². The van der Waals surface area contributed by atoms with Crippen molar-refractivity contribution in [3.63, 3.8) is 0 Å². The molecular weight excluding hydrogens is 545 g/mol. The van der Waals surface area contributed by atoms with Crippen molar-refractivity contribution in [3.8, 4) is 0 Å². The van der Waals surface area contributed by atoms with Gasteiger partial charge in [0.05, 0.1) is 36.6 Å². The number of rotatable bonds is 6. The maximum Gasteiger partial charge on any atom is 0.516 e. The topological polar surface area (TPSA) is 113 Å². The largest absolute Gasteiger partial charge is 0.516 e. The van der Waals surface area contributed by atoms with Crippen molar-refractivity contribution in [2.45, 2.75) is 57.9 Å². The van der Waals surface area contributed by atoms with Crippen molar-refractivity contribution in [2.75, 3.05) is 31.2 Å². The van der Waals surface area contributed by atoms with Gasteiger partial charge in [0, 0.05) is 25.2 Å². The number of anilines is 1. The van der Waals surface area contributed by atoms with Gasteiger partial charge in [0.25, 0.3) is 0 Å². The third kappa shape index (κ3) is 4.61. The van der Waals surface area contributed by atoms with Gasteiger partial charge < -0.3 is 19.1 Å². The van der Waals surface area contributed by atoms with Crippen LogP contribution in [0.4, 0.5) is 23.7 Å². The van der Waals surface area contributed by atoms with E-state index >= 15 is 0 Å². The molecule has 2 bridgehead atoms. The van der Waals surface area contributed by atoms with Gasteiger partial charge in [-0.15, -0.1) is 5.10 Å². The molecular formula is C27H31F3N6O5. The lowest BCUT2D eigenvalue weighted by molar-refractivity contribution is -0.163. The zero-order valence-electron chi connectivity index (χ0n) is 23.1. The molecule has 1 saturated carbocycles. The second-order valence-corrected chi connectivity index (χ2v) is 11.9. The van der Waals surface area contributed by atoms with Crippen molar-refractivity contribution in [1.29, 1.82) is 0 Å². The highest BCUT2D eigenvalue weighted by molar-refractivity contribution is 5.85. The van der Waals surface area contributed by atoms with Gasteiger partial charge in [0.15, 0.2) is 17.2 Å². The molecule has 0 N–H and O–H groups in total. The molecule has 0 aromatic carbocycles. The molecule has 0 spiro atoms. The lowest BCUT2D eigenvalue weighted by Crippen LogP contribution is -2.51. The second-order valence-electron chi connectivity index (χ2n) is 11.9. The van der Waals surface area contributed by atoms with Crippen LogP contribution in [-0.4, -0.2) is 62.8 Å². The minimum atomic E-state index is -4.50. The molecule has 1 aliphatic carbocycles. The third-order valence-corrected chi connectivity index (χ3v) is 8.30. The summed E-state index contributed by atoms with van der Waals surface area (Å²) >= 11 is 0. The van der Waals surface area contributed by atoms with Crippen LogP contribution < -0.4 is 4.90 Å². The van der Waals surface area contributed by atoms with Gasteiger partial charge in [-0.25, -0.2) is 14.3 Å². The van der Waals surface area contributed by atoms with Crippen molar-refractivity contribution >= 4 is 23.5 Å². The number of hydrogen-bond donors (Lipinski definition) is 0. The Morgan fingerprint density at radius 1 is 1.27 bits per heavy atom. The van der Waals surface area contributed by atoms with Gasteiger partial charge in [0.1, 0.15) is 5.60 Å². The third-order valence-electron chi connectivity index (χ3n) is 8.30. The van der Waals surface area contributed by atoms with Crippen LogP contribution >= 0.6 is 0 Å². The van der Waals surface area contributed by atoms with Crippen LogP contribution in [0.5, 0.6) is 0 Å². The Kier molecular flexibility index (Phi) is 6.32. The van der Waals surface area contributed by atoms with Crippen LogP contribution in [0.1, 0.15) is 50.7 Å². The van der Waals surface area contributed by atoms with Crippen LogP contribution in [0, 0.1) is 24.7 Å². The quantitative estimate of drug-likeness (QED) is 0.317. The number of halogens is 3. The zero-order chi connectivity index (χ0) is 29.3. The molecule has 11 nitrogen and oxygen atoms in total. The van der Waals surface area contributed by atoms with E-state index in [4.69, 9.17) is 19.2 Å². The molecule has 3 aliphatic heterocycles. The Morgan fingerprint density at radius 3 is 2.73 bits per heavy atom. The summed E-state index contributed by atoms with van der Waals surface area (Å²) < 4.78 is 58.4. The number of carbonyl (C=O) groups excluding carboxylic acids is 2. The zero-order valence-corrected chi connectivity index (χ0v) is 23.1. The van der Waals surface area contributed by atoms with E-state index in [2.05, 4.69) is 15.1 Å². The maximum absolute atomic E-state index is 13.1. The number of pyridine rings is 1. The van der Waals surface area contributed by atoms with Gasteiger partial charge in [-0.3, -0.25) is 9.48 Å². The van der Waals surface area contributed by atoms with E-state index in [9.17, 15) is 22.8 Å². The fourth-order valence-corrected chi connectivity index (χ4v) is 6.11. The summed E-state index contributed by atoms with van der Waals surface area (Å²) in [5, 5.41) is 8.49. The minimum absolute atomic E-state index is 0.102. The van der Waals surface area contributed by atoms with E-state index in [0.29, 0.717) is 44.0 Å². The van der Waals surface area contributed by atoms with E-state index in [1.54, 1.807) is 4.52 Å². The first-order chi connectivity index (χ1) is 19.3. The number of esters is 1. The highest BCUT2D eigenvalue weighted by Crippen LogP contribution is 2.59. The number of ether oxygens (including phenoxy) is 3. The van der Waals surface area contributed by atoms with E-state index in [0.717, 1.165) is 17.3 Å². The van der Waals surface area contributed by atoms with Gasteiger partial charge in [-0.2, -0.15) is 18.3 Å². The first-order valence-electron chi connectivity index (χ1n) is 13.6. The summed E-state index contributed by atoms with van der Waals surface area (Å²) in [6, 6.07) is 2.95. The highest BCUT2D eigenvalue weighted by atomic mass is 19.4. The summed E-state index contributed by atoms with van der Waals surface area (Å²) in [5.74, 6) is -1.10. The summed E-state index contributed by atoms with van der Waals surface area (Å²) in [4.78, 5) is 31.7. The van der Waals surface area contributed by atoms with E-state index in [1.165, 1.54) is 10.9 Å². The smallest absolute Gasteiger partial charge is 0.434 e. The Labute approximate surface area is 233 Å². The molecule has 41 heavy (non-hydrogen) atoms. The molecule has 14 heteroatoms. The summed E-state index contributed by atoms with van der Waals surface area (Å²) in [6.45, 7) is 9.07. The average molecular weight is 577 g/mol. The van der Waals surface area contributed by atoms with Gasteiger partial charge >= 0.3 is 18.3 Å². The summed E-state index contributed by atoms with van der Waals surface area (Å²) in [7, 11) is 0. The Morgan fingerprint density at radius 2 is 2.05 bits per heavy atom. The van der Waals surface area contributed by atoms with E-state index < -0.39 is 41.1 Å². The van der Waals surface area contributed by atoms with Crippen molar-refractivity contribution < 1.29 is 37.0 Å². The Balaban J connectivity index is 1.22. The summed E-state index contributed by atoms with van der Waals surface area (Å²) in [6.07, 6.45) is -1.20. The summed E-state index contributed by atoms with van der Waals surface area (Å²) in [5.41, 5.74) is -0.369. The number of aryl methyl sites for hydroxylation is 1. The fraction of sp³-hybridized carbons (Fsp3) is 0.593. The van der Waals surface area contributed by atoms with Gasteiger partial charge in [0.2, 0.25) is 0 Å². The average Bonchev–Trinajstić information content (AvgIpc) is 3.68. The van der Waals surface area contributed by atoms with Crippen LogP contribution in [0.25, 0.3) is 5.65 Å². The number of nitrogens with zero attached hydrogens (tertiary/aromatic N) is 6. The van der Waals surface area contributed by atoms with Gasteiger partial charge in [-0.05, 0) is 50.3 Å². The fourth-order valence-electron chi connectivity index (χ4n) is 6.11. The molecule has 3 aromatic rings. The number of aromatic nitrogens is 5. The number of fused-ring (bicyclic) bond motifs is 2. The molecule has 6 heterocycles. The van der Waals surface area contributed by atoms with E-state index in [1.807, 2.05) is 40.0 Å². The molecule has 3 saturated heterocycles. The maximum atomic E-state index is 13.1. The van der Waals surface area contributed by atoms with Crippen molar-refractivity contribution in [2.24, 2.45) is 17.8 Å². The molecule has 7 rings (SSSR count). The Bertz CT molecular complexity index is 1510. The lowest BCUT2D eigenvalue weighted by atomic mass is 9.64. The lowest BCUT2D eigenvalue weighted by Gasteiger charge is -2.40. The standard InChI is InChI=1S/C27H31F3N6O5/c1-15(2)12-39-24(38)41-22(37)20-17-10-26(20,40-13-17)23-31-21-16(3)9-18(11-35(21)33-23)34-8-6-25(4,14-34)36-7-5-19(32-36)27(28,29)30/h5,7,9,11,15,17,20H,6,8,10,12-14H2,1-4H3/t17?,20?,25-,26?/m1/s1. The van der Waals surface area contributed by atoms with Crippen molar-refractivity contribution in [1.82, 2.24) is 24.4 Å². The Hall–Kier alpha value is -3.68. The molecule has 4 fully saturated rings. The first-order valence-corrected chi connectivity index (χ1v) is 13.6. The predicted molar refractivity (Wildman–Crippen MR) is 137 cm³/mol. The SMILES string of the molecule is Cc1cc(N2CC[C@@](C)(n3ccc(C(F)(F)F)n3)C2)cn2nc(C34CC(CO3)C4C(=O)OC(=O)OCC(C)C)nc12. The second kappa shape index (κ2) is 9.43. The van der Waals surface area contributed by atoms with E-state index in [-0.39, 0.29) is 18.4 Å². The molecule has 3 aromatic heterocycles. The first kappa shape index (κ1) is 27.5. The van der Waals surface area contributed by atoms with Gasteiger partial charge in [-0.1, -0.05) is 13.8 Å². The monoisotopic (exact) mass is 576 g/mol. The van der Waals surface area contributed by atoms with Crippen LogP contribution in [-0.2, 0) is 36.3 Å². The number of alkyl halides is 3. The van der Waals surface area contributed by atoms with Crippen LogP contribution in [0.3, 0.4) is 0 Å².